The van der Waals surface area contributed by atoms with Crippen LogP contribution in [-0.2, 0) is 11.3 Å². The summed E-state index contributed by atoms with van der Waals surface area (Å²) in [5.41, 5.74) is 1.35. The predicted octanol–water partition coefficient (Wildman–Crippen LogP) is 1.22. The molecule has 1 saturated heterocycles. The predicted molar refractivity (Wildman–Crippen MR) is 94.6 cm³/mol. The summed E-state index contributed by atoms with van der Waals surface area (Å²) >= 11 is 0. The van der Waals surface area contributed by atoms with Gasteiger partial charge in [0, 0.05) is 38.8 Å². The lowest BCUT2D eigenvalue weighted by molar-refractivity contribution is -0.123. The third kappa shape index (κ3) is 5.30. The van der Waals surface area contributed by atoms with Crippen LogP contribution >= 0.6 is 0 Å². The molecular weight excluding hydrogens is 302 g/mol. The van der Waals surface area contributed by atoms with E-state index in [9.17, 15) is 9.90 Å². The van der Waals surface area contributed by atoms with Crippen molar-refractivity contribution in [1.82, 2.24) is 15.1 Å². The Morgan fingerprint density at radius 1 is 1.00 bits per heavy atom. The first-order valence-corrected chi connectivity index (χ1v) is 9.15. The van der Waals surface area contributed by atoms with Crippen LogP contribution in [0.2, 0.25) is 0 Å². The van der Waals surface area contributed by atoms with Crippen LogP contribution in [0.5, 0.6) is 0 Å². The third-order valence-corrected chi connectivity index (χ3v) is 5.14. The average Bonchev–Trinajstić information content (AvgIpc) is 2.60. The molecule has 24 heavy (non-hydrogen) atoms. The Labute approximate surface area is 144 Å². The molecule has 1 saturated carbocycles. The lowest BCUT2D eigenvalue weighted by atomic mass is 9.93. The number of aliphatic hydroxyl groups is 1. The van der Waals surface area contributed by atoms with E-state index < -0.39 is 0 Å². The second kappa shape index (κ2) is 8.60. The highest BCUT2D eigenvalue weighted by atomic mass is 16.3. The van der Waals surface area contributed by atoms with E-state index in [2.05, 4.69) is 39.4 Å². The quantitative estimate of drug-likeness (QED) is 0.852. The molecule has 1 aliphatic heterocycles. The van der Waals surface area contributed by atoms with Crippen molar-refractivity contribution in [2.75, 3.05) is 32.7 Å². The van der Waals surface area contributed by atoms with Crippen LogP contribution < -0.4 is 5.32 Å². The Balaban J connectivity index is 1.35. The van der Waals surface area contributed by atoms with E-state index in [1.54, 1.807) is 0 Å². The zero-order valence-corrected chi connectivity index (χ0v) is 14.4. The van der Waals surface area contributed by atoms with E-state index in [1.807, 2.05) is 6.07 Å². The van der Waals surface area contributed by atoms with Crippen LogP contribution in [0, 0.1) is 0 Å². The van der Waals surface area contributed by atoms with Crippen LogP contribution in [-0.4, -0.2) is 65.7 Å². The van der Waals surface area contributed by atoms with Gasteiger partial charge in [-0.2, -0.15) is 0 Å². The monoisotopic (exact) mass is 331 g/mol. The number of carbonyl (C=O) groups is 1. The van der Waals surface area contributed by atoms with Gasteiger partial charge in [-0.3, -0.25) is 14.6 Å². The number of nitrogens with zero attached hydrogens (tertiary/aromatic N) is 2. The van der Waals surface area contributed by atoms with Crippen molar-refractivity contribution < 1.29 is 9.90 Å². The van der Waals surface area contributed by atoms with Gasteiger partial charge < -0.3 is 10.4 Å². The van der Waals surface area contributed by atoms with Gasteiger partial charge in [-0.15, -0.1) is 0 Å². The summed E-state index contributed by atoms with van der Waals surface area (Å²) in [5, 5.41) is 12.7. The fourth-order valence-electron chi connectivity index (χ4n) is 3.64. The van der Waals surface area contributed by atoms with Gasteiger partial charge in [0.15, 0.2) is 0 Å². The summed E-state index contributed by atoms with van der Waals surface area (Å²) in [4.78, 5) is 16.9. The molecule has 0 spiro atoms. The minimum Gasteiger partial charge on any atom is -0.393 e. The van der Waals surface area contributed by atoms with Crippen molar-refractivity contribution in [3.05, 3.63) is 35.9 Å². The number of nitrogens with one attached hydrogen (secondary N) is 1. The molecule has 0 radical (unpaired) electrons. The minimum atomic E-state index is -0.171. The topological polar surface area (TPSA) is 55.8 Å². The molecule has 5 heteroatoms. The van der Waals surface area contributed by atoms with Gasteiger partial charge in [0.2, 0.25) is 5.91 Å². The maximum Gasteiger partial charge on any atom is 0.234 e. The lowest BCUT2D eigenvalue weighted by Gasteiger charge is -2.35. The third-order valence-electron chi connectivity index (χ3n) is 5.14. The van der Waals surface area contributed by atoms with Crippen molar-refractivity contribution in [2.45, 2.75) is 44.4 Å². The highest BCUT2D eigenvalue weighted by Crippen LogP contribution is 2.18. The maximum atomic E-state index is 12.2. The number of rotatable bonds is 5. The molecule has 0 aromatic heterocycles. The van der Waals surface area contributed by atoms with Crippen LogP contribution in [0.3, 0.4) is 0 Å². The molecule has 1 heterocycles. The minimum absolute atomic E-state index is 0.132. The van der Waals surface area contributed by atoms with Crippen molar-refractivity contribution in [3.63, 3.8) is 0 Å². The van der Waals surface area contributed by atoms with E-state index in [0.29, 0.717) is 6.54 Å². The zero-order chi connectivity index (χ0) is 16.8. The summed E-state index contributed by atoms with van der Waals surface area (Å²) in [7, 11) is 0. The molecule has 1 amide bonds. The van der Waals surface area contributed by atoms with E-state index in [-0.39, 0.29) is 18.1 Å². The number of piperazine rings is 1. The van der Waals surface area contributed by atoms with Crippen LogP contribution in [0.25, 0.3) is 0 Å². The van der Waals surface area contributed by atoms with Gasteiger partial charge in [0.05, 0.1) is 12.6 Å². The molecule has 2 aliphatic rings. The summed E-state index contributed by atoms with van der Waals surface area (Å²) in [5.74, 6) is 0.132. The first-order valence-electron chi connectivity index (χ1n) is 9.15. The van der Waals surface area contributed by atoms with Crippen LogP contribution in [0.1, 0.15) is 31.2 Å². The largest absolute Gasteiger partial charge is 0.393 e. The molecule has 5 nitrogen and oxygen atoms in total. The summed E-state index contributed by atoms with van der Waals surface area (Å²) in [6.45, 7) is 5.41. The second-order valence-electron chi connectivity index (χ2n) is 7.11. The molecule has 0 bridgehead atoms. The fourth-order valence-corrected chi connectivity index (χ4v) is 3.64. The number of hydrogen-bond acceptors (Lipinski definition) is 4. The van der Waals surface area contributed by atoms with Gasteiger partial charge in [-0.1, -0.05) is 30.3 Å². The normalized spacial score (nSPS) is 26.2. The summed E-state index contributed by atoms with van der Waals surface area (Å²) in [6, 6.07) is 10.8. The van der Waals surface area contributed by atoms with E-state index in [1.165, 1.54) is 5.56 Å². The van der Waals surface area contributed by atoms with Crippen molar-refractivity contribution in [3.8, 4) is 0 Å². The average molecular weight is 331 g/mol. The molecule has 0 atom stereocenters. The standard InChI is InChI=1S/C19H29N3O2/c23-18-8-6-17(7-9-18)20-19(24)15-22-12-10-21(11-13-22)14-16-4-2-1-3-5-16/h1-5,17-18,23H,6-15H2,(H,20,24). The number of carbonyl (C=O) groups excluding carboxylic acids is 1. The van der Waals surface area contributed by atoms with Gasteiger partial charge in [-0.05, 0) is 31.2 Å². The van der Waals surface area contributed by atoms with Gasteiger partial charge in [-0.25, -0.2) is 0 Å². The summed E-state index contributed by atoms with van der Waals surface area (Å²) in [6.07, 6.45) is 3.25. The maximum absolute atomic E-state index is 12.2. The number of hydrogen-bond donors (Lipinski definition) is 2. The molecule has 132 valence electrons. The van der Waals surface area contributed by atoms with Crippen LogP contribution in [0.15, 0.2) is 30.3 Å². The Morgan fingerprint density at radius 2 is 1.62 bits per heavy atom. The van der Waals surface area contributed by atoms with Crippen LogP contribution in [0.4, 0.5) is 0 Å². The number of benzene rings is 1. The van der Waals surface area contributed by atoms with E-state index in [4.69, 9.17) is 0 Å². The molecular formula is C19H29N3O2. The smallest absolute Gasteiger partial charge is 0.234 e. The molecule has 3 rings (SSSR count). The zero-order valence-electron chi connectivity index (χ0n) is 14.4. The van der Waals surface area contributed by atoms with Gasteiger partial charge in [0.25, 0.3) is 0 Å². The molecule has 2 fully saturated rings. The lowest BCUT2D eigenvalue weighted by Crippen LogP contribution is -2.50. The van der Waals surface area contributed by atoms with Gasteiger partial charge >= 0.3 is 0 Å². The van der Waals surface area contributed by atoms with E-state index >= 15 is 0 Å². The van der Waals surface area contributed by atoms with Crippen molar-refractivity contribution in [2.24, 2.45) is 0 Å². The molecule has 0 unspecified atom stereocenters. The Morgan fingerprint density at radius 3 is 2.29 bits per heavy atom. The molecule has 1 aliphatic carbocycles. The Bertz CT molecular complexity index is 507. The number of amides is 1. The molecule has 1 aromatic rings. The highest BCUT2D eigenvalue weighted by molar-refractivity contribution is 5.78. The van der Waals surface area contributed by atoms with Crippen molar-refractivity contribution in [1.29, 1.82) is 0 Å². The molecule has 1 aromatic carbocycles. The SMILES string of the molecule is O=C(CN1CCN(Cc2ccccc2)CC1)NC1CCC(O)CC1. The first kappa shape index (κ1) is 17.4. The first-order chi connectivity index (χ1) is 11.7. The van der Waals surface area contributed by atoms with Crippen molar-refractivity contribution >= 4 is 5.91 Å². The number of aliphatic hydroxyl groups excluding tert-OH is 1. The molecule has 2 N–H and O–H groups in total. The highest BCUT2D eigenvalue weighted by Gasteiger charge is 2.23. The Hall–Kier alpha value is -1.43. The second-order valence-corrected chi connectivity index (χ2v) is 7.11. The fraction of sp³-hybridized carbons (Fsp3) is 0.632. The van der Waals surface area contributed by atoms with Gasteiger partial charge in [0.1, 0.15) is 0 Å². The van der Waals surface area contributed by atoms with E-state index in [0.717, 1.165) is 58.4 Å². The Kier molecular flexibility index (Phi) is 6.24. The summed E-state index contributed by atoms with van der Waals surface area (Å²) < 4.78 is 0.